The maximum atomic E-state index is 13.6. The van der Waals surface area contributed by atoms with Gasteiger partial charge < -0.3 is 9.64 Å². The Labute approximate surface area is 167 Å². The Hall–Kier alpha value is -2.35. The van der Waals surface area contributed by atoms with E-state index in [4.69, 9.17) is 4.74 Å². The van der Waals surface area contributed by atoms with Crippen LogP contribution in [0.3, 0.4) is 0 Å². The molecule has 0 aliphatic carbocycles. The zero-order valence-electron chi connectivity index (χ0n) is 15.6. The molecule has 0 unspecified atom stereocenters. The fourth-order valence-corrected chi connectivity index (χ4v) is 4.43. The molecule has 7 heteroatoms. The minimum Gasteiger partial charge on any atom is -0.370 e. The number of carbonyl (C=O) groups is 1. The molecule has 1 N–H and O–H groups in total. The number of benzene rings is 2. The monoisotopic (exact) mass is 400 g/mol. The summed E-state index contributed by atoms with van der Waals surface area (Å²) in [6.07, 6.45) is 0.873. The standard InChI is InChI=1S/C21H22FN3O2S/c22-17-7-8-18-19(15-17)28-21(23-18)25(20(26)16-5-2-1-3-6-16)10-4-9-24-11-13-27-14-12-24/h1-3,5-8,15H,4,9-14H2/p+1. The number of aromatic nitrogens is 1. The lowest BCUT2D eigenvalue weighted by Crippen LogP contribution is -3.14. The van der Waals surface area contributed by atoms with E-state index in [1.165, 1.54) is 28.4 Å². The van der Waals surface area contributed by atoms with Crippen molar-refractivity contribution in [3.63, 3.8) is 0 Å². The van der Waals surface area contributed by atoms with Gasteiger partial charge in [-0.1, -0.05) is 29.5 Å². The molecule has 3 aromatic rings. The van der Waals surface area contributed by atoms with E-state index in [2.05, 4.69) is 4.98 Å². The van der Waals surface area contributed by atoms with Crippen LogP contribution in [0.1, 0.15) is 16.8 Å². The van der Waals surface area contributed by atoms with E-state index in [1.807, 2.05) is 30.3 Å². The molecule has 2 aromatic carbocycles. The number of halogens is 1. The molecule has 0 saturated carbocycles. The van der Waals surface area contributed by atoms with Gasteiger partial charge in [0, 0.05) is 18.5 Å². The molecule has 1 aliphatic heterocycles. The van der Waals surface area contributed by atoms with Gasteiger partial charge in [0.25, 0.3) is 5.91 Å². The lowest BCUT2D eigenvalue weighted by atomic mass is 10.2. The number of hydrogen-bond donors (Lipinski definition) is 1. The number of carbonyl (C=O) groups excluding carboxylic acids is 1. The molecule has 1 amide bonds. The van der Waals surface area contributed by atoms with Crippen LogP contribution >= 0.6 is 11.3 Å². The van der Waals surface area contributed by atoms with Gasteiger partial charge in [0.2, 0.25) is 0 Å². The molecule has 28 heavy (non-hydrogen) atoms. The van der Waals surface area contributed by atoms with Crippen molar-refractivity contribution < 1.29 is 18.8 Å². The van der Waals surface area contributed by atoms with E-state index in [9.17, 15) is 9.18 Å². The number of quaternary nitrogens is 1. The minimum absolute atomic E-state index is 0.0721. The zero-order chi connectivity index (χ0) is 19.3. The molecule has 1 aromatic heterocycles. The molecule has 0 atom stereocenters. The molecule has 146 valence electrons. The summed E-state index contributed by atoms with van der Waals surface area (Å²) in [6.45, 7) is 5.18. The van der Waals surface area contributed by atoms with Gasteiger partial charge in [-0.25, -0.2) is 9.37 Å². The fraction of sp³-hybridized carbons (Fsp3) is 0.333. The highest BCUT2D eigenvalue weighted by atomic mass is 32.1. The second kappa shape index (κ2) is 8.77. The number of nitrogens with one attached hydrogen (secondary N) is 1. The van der Waals surface area contributed by atoms with E-state index in [1.54, 1.807) is 11.0 Å². The number of thiazole rings is 1. The Balaban J connectivity index is 1.55. The van der Waals surface area contributed by atoms with Gasteiger partial charge in [0.15, 0.2) is 5.13 Å². The van der Waals surface area contributed by atoms with E-state index in [0.29, 0.717) is 22.8 Å². The topological polar surface area (TPSA) is 46.9 Å². The first-order chi connectivity index (χ1) is 13.7. The van der Waals surface area contributed by atoms with Gasteiger partial charge in [0.1, 0.15) is 18.9 Å². The van der Waals surface area contributed by atoms with Gasteiger partial charge in [-0.2, -0.15) is 0 Å². The lowest BCUT2D eigenvalue weighted by Gasteiger charge is -2.25. The Bertz CT molecular complexity index is 941. The number of ether oxygens (including phenoxy) is 1. The number of rotatable bonds is 6. The van der Waals surface area contributed by atoms with Crippen LogP contribution in [0.15, 0.2) is 48.5 Å². The lowest BCUT2D eigenvalue weighted by molar-refractivity contribution is -0.908. The molecule has 2 heterocycles. The first-order valence-corrected chi connectivity index (χ1v) is 10.4. The third-order valence-corrected chi connectivity index (χ3v) is 5.99. The fourth-order valence-electron chi connectivity index (χ4n) is 3.42. The van der Waals surface area contributed by atoms with Crippen LogP contribution in [0, 0.1) is 5.82 Å². The third-order valence-electron chi connectivity index (χ3n) is 4.95. The summed E-state index contributed by atoms with van der Waals surface area (Å²) >= 11 is 1.36. The van der Waals surface area contributed by atoms with Crippen LogP contribution in [-0.4, -0.2) is 50.3 Å². The number of anilines is 1. The van der Waals surface area contributed by atoms with Crippen molar-refractivity contribution >= 4 is 32.6 Å². The summed E-state index contributed by atoms with van der Waals surface area (Å²) in [4.78, 5) is 21.0. The largest absolute Gasteiger partial charge is 0.370 e. The van der Waals surface area contributed by atoms with Crippen LogP contribution in [-0.2, 0) is 4.74 Å². The number of morpholine rings is 1. The quantitative estimate of drug-likeness (QED) is 0.691. The first-order valence-electron chi connectivity index (χ1n) is 9.55. The molecule has 1 saturated heterocycles. The van der Waals surface area contributed by atoms with Crippen molar-refractivity contribution in [2.45, 2.75) is 6.42 Å². The number of nitrogens with zero attached hydrogens (tertiary/aromatic N) is 2. The second-order valence-corrected chi connectivity index (χ2v) is 7.91. The smallest absolute Gasteiger partial charge is 0.260 e. The highest BCUT2D eigenvalue weighted by Gasteiger charge is 2.22. The Morgan fingerprint density at radius 2 is 1.96 bits per heavy atom. The summed E-state index contributed by atoms with van der Waals surface area (Å²) in [5, 5.41) is 0.617. The Morgan fingerprint density at radius 3 is 2.75 bits per heavy atom. The summed E-state index contributed by atoms with van der Waals surface area (Å²) < 4.78 is 19.7. The number of hydrogen-bond acceptors (Lipinski definition) is 4. The SMILES string of the molecule is O=C(c1ccccc1)N(CCC[NH+]1CCOCC1)c1nc2ccc(F)cc2s1. The molecule has 1 fully saturated rings. The molecule has 0 spiro atoms. The van der Waals surface area contributed by atoms with Crippen LogP contribution < -0.4 is 9.80 Å². The minimum atomic E-state index is -0.292. The number of fused-ring (bicyclic) bond motifs is 1. The molecular weight excluding hydrogens is 377 g/mol. The van der Waals surface area contributed by atoms with Crippen LogP contribution in [0.4, 0.5) is 9.52 Å². The Morgan fingerprint density at radius 1 is 1.18 bits per heavy atom. The van der Waals surface area contributed by atoms with E-state index in [0.717, 1.165) is 44.0 Å². The molecule has 4 rings (SSSR count). The molecular formula is C21H23FN3O2S+. The van der Waals surface area contributed by atoms with Crippen molar-refractivity contribution in [1.82, 2.24) is 4.98 Å². The van der Waals surface area contributed by atoms with Gasteiger partial charge >= 0.3 is 0 Å². The molecule has 0 radical (unpaired) electrons. The summed E-state index contributed by atoms with van der Waals surface area (Å²) in [5.74, 6) is -0.364. The van der Waals surface area contributed by atoms with E-state index >= 15 is 0 Å². The van der Waals surface area contributed by atoms with Crippen molar-refractivity contribution in [3.8, 4) is 0 Å². The number of amides is 1. The van der Waals surface area contributed by atoms with Gasteiger partial charge in [-0.05, 0) is 30.3 Å². The predicted molar refractivity (Wildman–Crippen MR) is 109 cm³/mol. The van der Waals surface area contributed by atoms with E-state index < -0.39 is 0 Å². The molecule has 1 aliphatic rings. The summed E-state index contributed by atoms with van der Waals surface area (Å²) in [7, 11) is 0. The summed E-state index contributed by atoms with van der Waals surface area (Å²) in [5.41, 5.74) is 1.35. The maximum Gasteiger partial charge on any atom is 0.260 e. The van der Waals surface area contributed by atoms with Gasteiger partial charge in [-0.3, -0.25) is 9.69 Å². The predicted octanol–water partition coefficient (Wildman–Crippen LogP) is 2.39. The molecule has 0 bridgehead atoms. The highest BCUT2D eigenvalue weighted by Crippen LogP contribution is 2.30. The first kappa shape index (κ1) is 19.0. The third kappa shape index (κ3) is 4.38. The van der Waals surface area contributed by atoms with Crippen LogP contribution in [0.2, 0.25) is 0 Å². The maximum absolute atomic E-state index is 13.6. The second-order valence-electron chi connectivity index (χ2n) is 6.90. The van der Waals surface area contributed by atoms with Crippen molar-refractivity contribution in [3.05, 3.63) is 59.9 Å². The van der Waals surface area contributed by atoms with Crippen molar-refractivity contribution in [2.24, 2.45) is 0 Å². The van der Waals surface area contributed by atoms with Crippen molar-refractivity contribution in [1.29, 1.82) is 0 Å². The summed E-state index contributed by atoms with van der Waals surface area (Å²) in [6, 6.07) is 13.8. The zero-order valence-corrected chi connectivity index (χ0v) is 16.4. The normalized spacial score (nSPS) is 15.0. The average Bonchev–Trinajstić information content (AvgIpc) is 3.15. The van der Waals surface area contributed by atoms with Crippen LogP contribution in [0.5, 0.6) is 0 Å². The highest BCUT2D eigenvalue weighted by molar-refractivity contribution is 7.22. The van der Waals surface area contributed by atoms with Gasteiger partial charge in [-0.15, -0.1) is 0 Å². The van der Waals surface area contributed by atoms with Crippen LogP contribution in [0.25, 0.3) is 10.2 Å². The average molecular weight is 400 g/mol. The van der Waals surface area contributed by atoms with Crippen molar-refractivity contribution in [2.75, 3.05) is 44.3 Å². The van der Waals surface area contributed by atoms with E-state index in [-0.39, 0.29) is 11.7 Å². The van der Waals surface area contributed by atoms with Gasteiger partial charge in [0.05, 0.1) is 30.0 Å². The molecule has 5 nitrogen and oxygen atoms in total. The Kier molecular flexibility index (Phi) is 5.95.